The molecule has 1 atom stereocenters. The molecule has 126 valence electrons. The zero-order valence-electron chi connectivity index (χ0n) is 13.8. The molecule has 0 aliphatic carbocycles. The van der Waals surface area contributed by atoms with Crippen molar-refractivity contribution in [2.24, 2.45) is 4.99 Å². The van der Waals surface area contributed by atoms with Crippen molar-refractivity contribution in [2.75, 3.05) is 33.3 Å². The highest BCUT2D eigenvalue weighted by molar-refractivity contribution is 8.18. The van der Waals surface area contributed by atoms with E-state index in [2.05, 4.69) is 14.8 Å². The highest BCUT2D eigenvalue weighted by Gasteiger charge is 2.34. The van der Waals surface area contributed by atoms with Crippen molar-refractivity contribution in [3.63, 3.8) is 0 Å². The second kappa shape index (κ2) is 6.61. The summed E-state index contributed by atoms with van der Waals surface area (Å²) in [4.78, 5) is 22.1. The summed E-state index contributed by atoms with van der Waals surface area (Å²) in [6.07, 6.45) is 4.46. The maximum absolute atomic E-state index is 12.2. The molecule has 0 radical (unpaired) electrons. The van der Waals surface area contributed by atoms with Gasteiger partial charge in [0.15, 0.2) is 5.17 Å². The van der Waals surface area contributed by atoms with E-state index < -0.39 is 0 Å². The van der Waals surface area contributed by atoms with E-state index in [0.29, 0.717) is 10.9 Å². The van der Waals surface area contributed by atoms with E-state index in [-0.39, 0.29) is 5.91 Å². The Hall–Kier alpha value is -1.79. The third kappa shape index (κ3) is 3.08. The summed E-state index contributed by atoms with van der Waals surface area (Å²) in [7, 11) is 1.65. The molecular formula is C18H21N3O2S. The molecule has 3 aliphatic heterocycles. The molecule has 0 aromatic heterocycles. The lowest BCUT2D eigenvalue weighted by molar-refractivity contribution is -0.113. The highest BCUT2D eigenvalue weighted by atomic mass is 32.2. The first-order valence-electron chi connectivity index (χ1n) is 8.38. The van der Waals surface area contributed by atoms with Crippen molar-refractivity contribution in [3.8, 4) is 5.75 Å². The number of aliphatic imine (C=N–C) groups is 1. The van der Waals surface area contributed by atoms with Gasteiger partial charge in [-0.05, 0) is 54.9 Å². The van der Waals surface area contributed by atoms with Crippen molar-refractivity contribution in [2.45, 2.75) is 18.9 Å². The number of amidine groups is 1. The summed E-state index contributed by atoms with van der Waals surface area (Å²) in [5.74, 6) is 0.689. The maximum Gasteiger partial charge on any atom is 0.286 e. The Morgan fingerprint density at radius 1 is 1.25 bits per heavy atom. The van der Waals surface area contributed by atoms with Crippen LogP contribution in [0.3, 0.4) is 0 Å². The van der Waals surface area contributed by atoms with Crippen LogP contribution in [0.1, 0.15) is 18.4 Å². The van der Waals surface area contributed by atoms with Crippen LogP contribution in [0.5, 0.6) is 5.75 Å². The molecule has 6 heteroatoms. The van der Waals surface area contributed by atoms with Crippen LogP contribution in [-0.2, 0) is 4.79 Å². The fourth-order valence-corrected chi connectivity index (χ4v) is 4.50. The predicted molar refractivity (Wildman–Crippen MR) is 97.2 cm³/mol. The largest absolute Gasteiger partial charge is 0.497 e. The molecule has 3 aliphatic rings. The molecular weight excluding hydrogens is 322 g/mol. The molecule has 1 aromatic rings. The molecule has 0 spiro atoms. The SMILES string of the molecule is COc1ccc(/C=C2/SC(N3CCN4CCC[C@@H]4C3)=NC2=O)cc1. The number of carbonyl (C=O) groups is 1. The summed E-state index contributed by atoms with van der Waals surface area (Å²) in [5.41, 5.74) is 0.990. The lowest BCUT2D eigenvalue weighted by Gasteiger charge is -2.38. The minimum Gasteiger partial charge on any atom is -0.497 e. The van der Waals surface area contributed by atoms with Crippen molar-refractivity contribution in [1.29, 1.82) is 0 Å². The second-order valence-corrected chi connectivity index (χ2v) is 7.37. The number of methoxy groups -OCH3 is 1. The molecule has 0 unspecified atom stereocenters. The van der Waals surface area contributed by atoms with Gasteiger partial charge >= 0.3 is 0 Å². The minimum atomic E-state index is -0.125. The zero-order valence-corrected chi connectivity index (χ0v) is 14.6. The first kappa shape index (κ1) is 15.7. The summed E-state index contributed by atoms with van der Waals surface area (Å²) >= 11 is 1.50. The fourth-order valence-electron chi connectivity index (χ4n) is 3.55. The topological polar surface area (TPSA) is 45.1 Å². The Morgan fingerprint density at radius 2 is 2.08 bits per heavy atom. The van der Waals surface area contributed by atoms with Crippen LogP contribution in [0.25, 0.3) is 6.08 Å². The number of carbonyl (C=O) groups excluding carboxylic acids is 1. The predicted octanol–water partition coefficient (Wildman–Crippen LogP) is 2.45. The van der Waals surface area contributed by atoms with E-state index >= 15 is 0 Å². The Kier molecular flexibility index (Phi) is 4.33. The van der Waals surface area contributed by atoms with Crippen LogP contribution in [0.2, 0.25) is 0 Å². The quantitative estimate of drug-likeness (QED) is 0.772. The van der Waals surface area contributed by atoms with Gasteiger partial charge in [-0.2, -0.15) is 4.99 Å². The van der Waals surface area contributed by atoms with E-state index in [1.165, 1.54) is 31.1 Å². The fraction of sp³-hybridized carbons (Fsp3) is 0.444. The summed E-state index contributed by atoms with van der Waals surface area (Å²) in [5, 5.41) is 0.867. The number of hydrogen-bond acceptors (Lipinski definition) is 5. The molecule has 5 nitrogen and oxygen atoms in total. The van der Waals surface area contributed by atoms with E-state index in [1.54, 1.807) is 7.11 Å². The van der Waals surface area contributed by atoms with E-state index in [1.807, 2.05) is 30.3 Å². The molecule has 3 heterocycles. The number of rotatable bonds is 2. The van der Waals surface area contributed by atoms with Crippen molar-refractivity contribution in [1.82, 2.24) is 9.80 Å². The first-order valence-corrected chi connectivity index (χ1v) is 9.20. The molecule has 1 amide bonds. The number of amides is 1. The van der Waals surface area contributed by atoms with E-state index in [9.17, 15) is 4.79 Å². The van der Waals surface area contributed by atoms with E-state index in [0.717, 1.165) is 36.1 Å². The van der Waals surface area contributed by atoms with Gasteiger partial charge in [-0.3, -0.25) is 9.69 Å². The number of benzene rings is 1. The number of thioether (sulfide) groups is 1. The van der Waals surface area contributed by atoms with Gasteiger partial charge in [0, 0.05) is 25.7 Å². The monoisotopic (exact) mass is 343 g/mol. The number of nitrogens with zero attached hydrogens (tertiary/aromatic N) is 3. The number of ether oxygens (including phenoxy) is 1. The van der Waals surface area contributed by atoms with E-state index in [4.69, 9.17) is 4.74 Å². The lowest BCUT2D eigenvalue weighted by atomic mass is 10.2. The van der Waals surface area contributed by atoms with Crippen molar-refractivity contribution < 1.29 is 9.53 Å². The van der Waals surface area contributed by atoms with Crippen LogP contribution in [-0.4, -0.2) is 60.2 Å². The molecule has 0 N–H and O–H groups in total. The Bertz CT molecular complexity index is 699. The van der Waals surface area contributed by atoms with Gasteiger partial charge in [0.25, 0.3) is 5.91 Å². The molecule has 2 fully saturated rings. The molecule has 4 rings (SSSR count). The van der Waals surface area contributed by atoms with Crippen LogP contribution >= 0.6 is 11.8 Å². The van der Waals surface area contributed by atoms with Gasteiger partial charge in [-0.1, -0.05) is 12.1 Å². The summed E-state index contributed by atoms with van der Waals surface area (Å²) in [6, 6.07) is 8.34. The van der Waals surface area contributed by atoms with Gasteiger partial charge in [-0.25, -0.2) is 0 Å². The van der Waals surface area contributed by atoms with Gasteiger partial charge in [0.2, 0.25) is 0 Å². The smallest absolute Gasteiger partial charge is 0.286 e. The molecule has 0 saturated carbocycles. The molecule has 24 heavy (non-hydrogen) atoms. The molecule has 2 saturated heterocycles. The average Bonchev–Trinajstić information content (AvgIpc) is 3.22. The number of hydrogen-bond donors (Lipinski definition) is 0. The third-order valence-electron chi connectivity index (χ3n) is 4.88. The normalized spacial score (nSPS) is 26.0. The maximum atomic E-state index is 12.2. The summed E-state index contributed by atoms with van der Waals surface area (Å²) in [6.45, 7) is 4.26. The minimum absolute atomic E-state index is 0.125. The van der Waals surface area contributed by atoms with Crippen molar-refractivity contribution >= 4 is 28.9 Å². The van der Waals surface area contributed by atoms with Gasteiger partial charge < -0.3 is 9.64 Å². The van der Waals surface area contributed by atoms with Crippen LogP contribution < -0.4 is 4.74 Å². The highest BCUT2D eigenvalue weighted by Crippen LogP contribution is 2.32. The van der Waals surface area contributed by atoms with Gasteiger partial charge in [0.05, 0.1) is 12.0 Å². The summed E-state index contributed by atoms with van der Waals surface area (Å²) < 4.78 is 5.16. The Balaban J connectivity index is 1.45. The zero-order chi connectivity index (χ0) is 16.5. The van der Waals surface area contributed by atoms with Crippen molar-refractivity contribution in [3.05, 3.63) is 34.7 Å². The Labute approximate surface area is 146 Å². The number of fused-ring (bicyclic) bond motifs is 1. The van der Waals surface area contributed by atoms with Crippen LogP contribution in [0.15, 0.2) is 34.2 Å². The third-order valence-corrected chi connectivity index (χ3v) is 5.93. The second-order valence-electron chi connectivity index (χ2n) is 6.36. The van der Waals surface area contributed by atoms with Crippen LogP contribution in [0.4, 0.5) is 0 Å². The Morgan fingerprint density at radius 3 is 2.88 bits per heavy atom. The van der Waals surface area contributed by atoms with Crippen LogP contribution in [0, 0.1) is 0 Å². The lowest BCUT2D eigenvalue weighted by Crippen LogP contribution is -2.51. The van der Waals surface area contributed by atoms with Gasteiger partial charge in [-0.15, -0.1) is 0 Å². The molecule has 0 bridgehead atoms. The number of piperazine rings is 1. The first-order chi connectivity index (χ1) is 11.7. The average molecular weight is 343 g/mol. The van der Waals surface area contributed by atoms with Gasteiger partial charge in [0.1, 0.15) is 5.75 Å². The standard InChI is InChI=1S/C18H21N3O2S/c1-23-15-6-4-13(5-7-15)11-16-17(22)19-18(24-16)21-10-9-20-8-2-3-14(20)12-21/h4-7,11,14H,2-3,8-10,12H2,1H3/b16-11+/t14-/m1/s1. The molecule has 1 aromatic carbocycles.